The first-order valence-corrected chi connectivity index (χ1v) is 4.71. The Labute approximate surface area is 82.6 Å². The molecule has 0 aromatic carbocycles. The van der Waals surface area contributed by atoms with Gasteiger partial charge in [0.05, 0.1) is 18.1 Å². The molecule has 0 atom stereocenters. The van der Waals surface area contributed by atoms with E-state index >= 15 is 0 Å². The highest BCUT2D eigenvalue weighted by Gasteiger charge is 1.98. The lowest BCUT2D eigenvalue weighted by molar-refractivity contribution is 0.813. The minimum Gasteiger partial charge on any atom is -0.256 e. The molecule has 72 valence electrons. The van der Waals surface area contributed by atoms with Crippen molar-refractivity contribution in [3.8, 4) is 5.82 Å². The summed E-state index contributed by atoms with van der Waals surface area (Å²) in [4.78, 5) is 8.58. The molecular formula is C10H12N4. The molecule has 0 bridgehead atoms. The highest BCUT2D eigenvalue weighted by atomic mass is 15.3. The second-order valence-electron chi connectivity index (χ2n) is 3.07. The maximum atomic E-state index is 4.30. The van der Waals surface area contributed by atoms with Crippen molar-refractivity contribution in [3.63, 3.8) is 0 Å². The molecule has 2 heterocycles. The number of hydrogen-bond acceptors (Lipinski definition) is 3. The Hall–Kier alpha value is -1.71. The summed E-state index contributed by atoms with van der Waals surface area (Å²) in [7, 11) is 0. The van der Waals surface area contributed by atoms with E-state index < -0.39 is 0 Å². The van der Waals surface area contributed by atoms with Gasteiger partial charge in [-0.1, -0.05) is 13.3 Å². The zero-order chi connectivity index (χ0) is 9.80. The molecule has 0 fully saturated rings. The molecule has 0 amide bonds. The third kappa shape index (κ3) is 1.79. The van der Waals surface area contributed by atoms with Crippen LogP contribution in [0.5, 0.6) is 0 Å². The van der Waals surface area contributed by atoms with Crippen molar-refractivity contribution >= 4 is 0 Å². The van der Waals surface area contributed by atoms with Gasteiger partial charge in [0.15, 0.2) is 5.82 Å². The third-order valence-corrected chi connectivity index (χ3v) is 1.94. The molecule has 0 unspecified atom stereocenters. The quantitative estimate of drug-likeness (QED) is 0.735. The zero-order valence-corrected chi connectivity index (χ0v) is 8.09. The predicted octanol–water partition coefficient (Wildman–Crippen LogP) is 1.61. The summed E-state index contributed by atoms with van der Waals surface area (Å²) in [6.07, 6.45) is 9.20. The van der Waals surface area contributed by atoms with Gasteiger partial charge in [-0.2, -0.15) is 5.10 Å². The molecule has 2 aromatic heterocycles. The van der Waals surface area contributed by atoms with Crippen molar-refractivity contribution < 1.29 is 0 Å². The monoisotopic (exact) mass is 188 g/mol. The fraction of sp³-hybridized carbons (Fsp3) is 0.300. The van der Waals surface area contributed by atoms with Gasteiger partial charge in [-0.05, 0) is 12.5 Å². The number of aryl methyl sites for hydroxylation is 1. The van der Waals surface area contributed by atoms with Crippen LogP contribution < -0.4 is 0 Å². The molecule has 0 aliphatic heterocycles. The number of hydrogen-bond donors (Lipinski definition) is 0. The van der Waals surface area contributed by atoms with Crippen LogP contribution in [0.2, 0.25) is 0 Å². The van der Waals surface area contributed by atoms with E-state index in [1.54, 1.807) is 23.3 Å². The maximum absolute atomic E-state index is 4.30. The molecule has 0 aliphatic rings. The van der Waals surface area contributed by atoms with Crippen LogP contribution in [0.4, 0.5) is 0 Å². The van der Waals surface area contributed by atoms with Crippen molar-refractivity contribution in [2.24, 2.45) is 0 Å². The molecule has 14 heavy (non-hydrogen) atoms. The summed E-state index contributed by atoms with van der Waals surface area (Å²) in [5.41, 5.74) is 1.03. The van der Waals surface area contributed by atoms with E-state index in [-0.39, 0.29) is 0 Å². The van der Waals surface area contributed by atoms with Gasteiger partial charge in [0, 0.05) is 12.4 Å². The van der Waals surface area contributed by atoms with E-state index in [0.29, 0.717) is 0 Å². The minimum atomic E-state index is 0.759. The number of rotatable bonds is 3. The van der Waals surface area contributed by atoms with Crippen LogP contribution in [0, 0.1) is 0 Å². The van der Waals surface area contributed by atoms with Gasteiger partial charge in [-0.3, -0.25) is 4.98 Å². The Morgan fingerprint density at radius 1 is 1.29 bits per heavy atom. The largest absolute Gasteiger partial charge is 0.256 e. The highest BCUT2D eigenvalue weighted by molar-refractivity contribution is 5.17. The summed E-state index contributed by atoms with van der Waals surface area (Å²) in [6.45, 7) is 2.13. The van der Waals surface area contributed by atoms with Crippen LogP contribution in [0.3, 0.4) is 0 Å². The maximum Gasteiger partial charge on any atom is 0.171 e. The van der Waals surface area contributed by atoms with Crippen LogP contribution in [-0.2, 0) is 6.42 Å². The molecule has 0 radical (unpaired) electrons. The van der Waals surface area contributed by atoms with Crippen molar-refractivity contribution in [3.05, 3.63) is 36.5 Å². The molecule has 0 spiro atoms. The van der Waals surface area contributed by atoms with E-state index in [0.717, 1.165) is 24.4 Å². The number of aromatic nitrogens is 4. The lowest BCUT2D eigenvalue weighted by Crippen LogP contribution is -2.00. The normalized spacial score (nSPS) is 10.4. The highest BCUT2D eigenvalue weighted by Crippen LogP contribution is 2.02. The fourth-order valence-electron chi connectivity index (χ4n) is 1.26. The predicted molar refractivity (Wildman–Crippen MR) is 53.1 cm³/mol. The van der Waals surface area contributed by atoms with Gasteiger partial charge in [0.2, 0.25) is 0 Å². The van der Waals surface area contributed by atoms with Gasteiger partial charge in [-0.15, -0.1) is 0 Å². The van der Waals surface area contributed by atoms with Crippen LogP contribution in [0.15, 0.2) is 30.9 Å². The molecule has 0 N–H and O–H groups in total. The second kappa shape index (κ2) is 4.00. The molecular weight excluding hydrogens is 176 g/mol. The molecule has 0 aliphatic carbocycles. The molecule has 0 saturated carbocycles. The Morgan fingerprint density at radius 3 is 2.79 bits per heavy atom. The zero-order valence-electron chi connectivity index (χ0n) is 8.09. The summed E-state index contributed by atoms with van der Waals surface area (Å²) < 4.78 is 1.70. The first-order chi connectivity index (χ1) is 6.90. The molecule has 4 nitrogen and oxygen atoms in total. The molecule has 4 heteroatoms. The fourth-order valence-corrected chi connectivity index (χ4v) is 1.26. The van der Waals surface area contributed by atoms with E-state index in [2.05, 4.69) is 22.0 Å². The standard InChI is InChI=1S/C10H12N4/c1-2-4-9-7-12-10(8-11-9)14-6-3-5-13-14/h3,5-8H,2,4H2,1H3. The van der Waals surface area contributed by atoms with Crippen LogP contribution >= 0.6 is 0 Å². The summed E-state index contributed by atoms with van der Waals surface area (Å²) >= 11 is 0. The summed E-state index contributed by atoms with van der Waals surface area (Å²) in [5, 5.41) is 4.08. The average Bonchev–Trinajstić information content (AvgIpc) is 2.72. The van der Waals surface area contributed by atoms with Crippen LogP contribution in [0.25, 0.3) is 5.82 Å². The Kier molecular flexibility index (Phi) is 2.53. The summed E-state index contributed by atoms with van der Waals surface area (Å²) in [6, 6.07) is 1.86. The molecule has 2 rings (SSSR count). The van der Waals surface area contributed by atoms with Gasteiger partial charge in [0.1, 0.15) is 0 Å². The topological polar surface area (TPSA) is 43.6 Å². The Morgan fingerprint density at radius 2 is 2.21 bits per heavy atom. The van der Waals surface area contributed by atoms with E-state index in [1.165, 1.54) is 0 Å². The van der Waals surface area contributed by atoms with Gasteiger partial charge in [-0.25, -0.2) is 9.67 Å². The van der Waals surface area contributed by atoms with Gasteiger partial charge >= 0.3 is 0 Å². The first kappa shape index (κ1) is 8.87. The lowest BCUT2D eigenvalue weighted by Gasteiger charge is -2.00. The lowest BCUT2D eigenvalue weighted by atomic mass is 10.3. The van der Waals surface area contributed by atoms with E-state index in [4.69, 9.17) is 0 Å². The minimum absolute atomic E-state index is 0.759. The van der Waals surface area contributed by atoms with Crippen molar-refractivity contribution in [1.29, 1.82) is 0 Å². The third-order valence-electron chi connectivity index (χ3n) is 1.94. The molecule has 0 saturated heterocycles. The smallest absolute Gasteiger partial charge is 0.171 e. The second-order valence-corrected chi connectivity index (χ2v) is 3.07. The Bertz CT molecular complexity index is 377. The van der Waals surface area contributed by atoms with Gasteiger partial charge < -0.3 is 0 Å². The van der Waals surface area contributed by atoms with Crippen LogP contribution in [-0.4, -0.2) is 19.7 Å². The average molecular weight is 188 g/mol. The first-order valence-electron chi connectivity index (χ1n) is 4.71. The Balaban J connectivity index is 2.22. The van der Waals surface area contributed by atoms with Crippen molar-refractivity contribution in [1.82, 2.24) is 19.7 Å². The van der Waals surface area contributed by atoms with E-state index in [9.17, 15) is 0 Å². The van der Waals surface area contributed by atoms with Crippen molar-refractivity contribution in [2.45, 2.75) is 19.8 Å². The van der Waals surface area contributed by atoms with Crippen LogP contribution in [0.1, 0.15) is 19.0 Å². The van der Waals surface area contributed by atoms with Gasteiger partial charge in [0.25, 0.3) is 0 Å². The SMILES string of the molecule is CCCc1cnc(-n2cccn2)cn1. The molecule has 2 aromatic rings. The van der Waals surface area contributed by atoms with E-state index in [1.807, 2.05) is 12.3 Å². The number of nitrogens with zero attached hydrogens (tertiary/aromatic N) is 4. The summed E-state index contributed by atoms with van der Waals surface area (Å²) in [5.74, 6) is 0.759. The van der Waals surface area contributed by atoms with Crippen molar-refractivity contribution in [2.75, 3.05) is 0 Å².